The van der Waals surface area contributed by atoms with Gasteiger partial charge in [-0.25, -0.2) is 0 Å². The van der Waals surface area contributed by atoms with E-state index in [1.807, 2.05) is 49.4 Å². The average molecular weight is 497 g/mol. The van der Waals surface area contributed by atoms with Crippen molar-refractivity contribution in [2.75, 3.05) is 6.61 Å². The largest absolute Gasteiger partial charge is 0.490 e. The molecular weight excluding hydrogens is 468 g/mol. The predicted octanol–water partition coefficient (Wildman–Crippen LogP) is 6.03. The van der Waals surface area contributed by atoms with Crippen LogP contribution in [0.5, 0.6) is 11.5 Å². The summed E-state index contributed by atoms with van der Waals surface area (Å²) in [5.74, 6) is 1.31. The van der Waals surface area contributed by atoms with Crippen LogP contribution in [0.4, 0.5) is 0 Å². The SMILES string of the molecule is CCOc1cc(/C=C(\C#N)C(=O)N[C@H]2CCCC[C@H]2C)ccc1OCc1ccc(Br)cc1. The van der Waals surface area contributed by atoms with Crippen molar-refractivity contribution in [3.8, 4) is 17.6 Å². The highest BCUT2D eigenvalue weighted by molar-refractivity contribution is 9.10. The molecule has 0 unspecified atom stereocenters. The van der Waals surface area contributed by atoms with Crippen molar-refractivity contribution >= 4 is 27.9 Å². The van der Waals surface area contributed by atoms with Crippen LogP contribution in [-0.4, -0.2) is 18.6 Å². The maximum Gasteiger partial charge on any atom is 0.262 e. The predicted molar refractivity (Wildman–Crippen MR) is 129 cm³/mol. The highest BCUT2D eigenvalue weighted by Gasteiger charge is 2.24. The molecule has 0 bridgehead atoms. The summed E-state index contributed by atoms with van der Waals surface area (Å²) in [4.78, 5) is 12.7. The fraction of sp³-hybridized carbons (Fsp3) is 0.385. The Morgan fingerprint density at radius 1 is 1.16 bits per heavy atom. The second-order valence-corrected chi connectivity index (χ2v) is 8.98. The summed E-state index contributed by atoms with van der Waals surface area (Å²) < 4.78 is 12.7. The van der Waals surface area contributed by atoms with Crippen LogP contribution < -0.4 is 14.8 Å². The molecule has 0 aromatic heterocycles. The number of nitrogens with zero attached hydrogens (tertiary/aromatic N) is 1. The molecule has 168 valence electrons. The van der Waals surface area contributed by atoms with E-state index in [0.717, 1.165) is 29.3 Å². The van der Waals surface area contributed by atoms with Crippen LogP contribution in [0.15, 0.2) is 52.5 Å². The van der Waals surface area contributed by atoms with Gasteiger partial charge < -0.3 is 14.8 Å². The highest BCUT2D eigenvalue weighted by atomic mass is 79.9. The number of rotatable bonds is 8. The zero-order valence-corrected chi connectivity index (χ0v) is 20.2. The Morgan fingerprint density at radius 2 is 1.91 bits per heavy atom. The van der Waals surface area contributed by atoms with E-state index in [0.29, 0.717) is 36.2 Å². The molecule has 1 saturated carbocycles. The van der Waals surface area contributed by atoms with Crippen molar-refractivity contribution < 1.29 is 14.3 Å². The highest BCUT2D eigenvalue weighted by Crippen LogP contribution is 2.30. The summed E-state index contributed by atoms with van der Waals surface area (Å²) >= 11 is 3.43. The lowest BCUT2D eigenvalue weighted by Gasteiger charge is -2.29. The first-order valence-corrected chi connectivity index (χ1v) is 11.9. The van der Waals surface area contributed by atoms with E-state index < -0.39 is 0 Å². The maximum atomic E-state index is 12.7. The van der Waals surface area contributed by atoms with Crippen LogP contribution in [0, 0.1) is 17.2 Å². The zero-order valence-electron chi connectivity index (χ0n) is 18.6. The first-order valence-electron chi connectivity index (χ1n) is 11.1. The third kappa shape index (κ3) is 6.61. The number of carbonyl (C=O) groups is 1. The zero-order chi connectivity index (χ0) is 22.9. The number of amides is 1. The summed E-state index contributed by atoms with van der Waals surface area (Å²) in [6.07, 6.45) is 5.98. The van der Waals surface area contributed by atoms with E-state index in [9.17, 15) is 10.1 Å². The van der Waals surface area contributed by atoms with E-state index in [2.05, 4.69) is 28.2 Å². The van der Waals surface area contributed by atoms with E-state index in [1.165, 1.54) is 6.42 Å². The summed E-state index contributed by atoms with van der Waals surface area (Å²) in [5.41, 5.74) is 1.85. The van der Waals surface area contributed by atoms with Gasteiger partial charge in [0, 0.05) is 10.5 Å². The number of ether oxygens (including phenoxy) is 2. The summed E-state index contributed by atoms with van der Waals surface area (Å²) in [6, 6.07) is 15.5. The van der Waals surface area contributed by atoms with Gasteiger partial charge in [0.15, 0.2) is 11.5 Å². The van der Waals surface area contributed by atoms with E-state index in [1.54, 1.807) is 12.1 Å². The van der Waals surface area contributed by atoms with Gasteiger partial charge in [0.05, 0.1) is 6.61 Å². The molecule has 3 rings (SSSR count). The summed E-state index contributed by atoms with van der Waals surface area (Å²) in [6.45, 7) is 4.95. The Morgan fingerprint density at radius 3 is 2.59 bits per heavy atom. The molecule has 0 saturated heterocycles. The lowest BCUT2D eigenvalue weighted by Crippen LogP contribution is -2.41. The van der Waals surface area contributed by atoms with Gasteiger partial charge in [0.2, 0.25) is 0 Å². The van der Waals surface area contributed by atoms with Crippen LogP contribution in [0.3, 0.4) is 0 Å². The quantitative estimate of drug-likeness (QED) is 0.357. The Balaban J connectivity index is 1.73. The van der Waals surface area contributed by atoms with Crippen molar-refractivity contribution in [1.82, 2.24) is 5.32 Å². The number of benzene rings is 2. The molecule has 1 N–H and O–H groups in total. The Kier molecular flexibility index (Phi) is 8.75. The van der Waals surface area contributed by atoms with Crippen molar-refractivity contribution in [3.63, 3.8) is 0 Å². The fourth-order valence-electron chi connectivity index (χ4n) is 3.84. The minimum absolute atomic E-state index is 0.0914. The monoisotopic (exact) mass is 496 g/mol. The van der Waals surface area contributed by atoms with Crippen LogP contribution in [0.25, 0.3) is 6.08 Å². The molecule has 2 atom stereocenters. The molecule has 2 aromatic rings. The third-order valence-corrected chi connectivity index (χ3v) is 6.21. The molecule has 1 aliphatic carbocycles. The topological polar surface area (TPSA) is 71.3 Å². The van der Waals surface area contributed by atoms with Crippen molar-refractivity contribution in [2.45, 2.75) is 52.2 Å². The van der Waals surface area contributed by atoms with Gasteiger partial charge >= 0.3 is 0 Å². The second-order valence-electron chi connectivity index (χ2n) is 8.07. The van der Waals surface area contributed by atoms with Gasteiger partial charge in [-0.1, -0.05) is 53.9 Å². The Hall–Kier alpha value is -2.78. The fourth-order valence-corrected chi connectivity index (χ4v) is 4.10. The number of hydrogen-bond donors (Lipinski definition) is 1. The van der Waals surface area contributed by atoms with Gasteiger partial charge in [-0.3, -0.25) is 4.79 Å². The lowest BCUT2D eigenvalue weighted by molar-refractivity contribution is -0.118. The number of nitriles is 1. The lowest BCUT2D eigenvalue weighted by atomic mass is 9.86. The van der Waals surface area contributed by atoms with Crippen LogP contribution in [-0.2, 0) is 11.4 Å². The molecular formula is C26H29BrN2O3. The van der Waals surface area contributed by atoms with Crippen LogP contribution >= 0.6 is 15.9 Å². The second kappa shape index (κ2) is 11.7. The van der Waals surface area contributed by atoms with Crippen molar-refractivity contribution in [3.05, 3.63) is 63.6 Å². The van der Waals surface area contributed by atoms with Gasteiger partial charge in [-0.05, 0) is 67.2 Å². The van der Waals surface area contributed by atoms with Crippen molar-refractivity contribution in [2.24, 2.45) is 5.92 Å². The Bertz CT molecular complexity index is 995. The minimum atomic E-state index is -0.320. The molecule has 32 heavy (non-hydrogen) atoms. The third-order valence-electron chi connectivity index (χ3n) is 5.68. The van der Waals surface area contributed by atoms with E-state index in [4.69, 9.17) is 9.47 Å². The van der Waals surface area contributed by atoms with Crippen LogP contribution in [0.1, 0.15) is 50.7 Å². The molecule has 0 heterocycles. The molecule has 1 fully saturated rings. The number of nitrogens with one attached hydrogen (secondary N) is 1. The number of carbonyl (C=O) groups excluding carboxylic acids is 1. The molecule has 0 radical (unpaired) electrons. The van der Waals surface area contributed by atoms with Crippen LogP contribution in [0.2, 0.25) is 0 Å². The number of halogens is 1. The average Bonchev–Trinajstić information content (AvgIpc) is 2.79. The number of hydrogen-bond acceptors (Lipinski definition) is 4. The first-order chi connectivity index (χ1) is 15.5. The smallest absolute Gasteiger partial charge is 0.262 e. The first kappa shape index (κ1) is 23.9. The molecule has 1 amide bonds. The minimum Gasteiger partial charge on any atom is -0.490 e. The summed E-state index contributed by atoms with van der Waals surface area (Å²) in [5, 5.41) is 12.6. The normalized spacial score (nSPS) is 18.5. The molecule has 0 aliphatic heterocycles. The summed E-state index contributed by atoms with van der Waals surface area (Å²) in [7, 11) is 0. The molecule has 0 spiro atoms. The van der Waals surface area contributed by atoms with Gasteiger partial charge in [-0.2, -0.15) is 5.26 Å². The van der Waals surface area contributed by atoms with Gasteiger partial charge in [0.1, 0.15) is 18.2 Å². The van der Waals surface area contributed by atoms with E-state index >= 15 is 0 Å². The molecule has 5 nitrogen and oxygen atoms in total. The molecule has 6 heteroatoms. The van der Waals surface area contributed by atoms with Gasteiger partial charge in [-0.15, -0.1) is 0 Å². The standard InChI is InChI=1S/C26H29BrN2O3/c1-3-31-25-15-20(10-13-24(25)32-17-19-8-11-22(27)12-9-19)14-21(16-28)26(30)29-23-7-5-4-6-18(23)2/h8-15,18,23H,3-7,17H2,1-2H3,(H,29,30)/b21-14+/t18-,23+/m1/s1. The maximum absolute atomic E-state index is 12.7. The van der Waals surface area contributed by atoms with Crippen molar-refractivity contribution in [1.29, 1.82) is 5.26 Å². The Labute approximate surface area is 198 Å². The van der Waals surface area contributed by atoms with Gasteiger partial charge in [0.25, 0.3) is 5.91 Å². The molecule has 2 aromatic carbocycles. The van der Waals surface area contributed by atoms with E-state index in [-0.39, 0.29) is 17.5 Å². The molecule has 1 aliphatic rings.